The molecule has 2 fully saturated rings. The van der Waals surface area contributed by atoms with Crippen molar-refractivity contribution in [1.82, 2.24) is 9.97 Å². The fourth-order valence-corrected chi connectivity index (χ4v) is 6.92. The van der Waals surface area contributed by atoms with Gasteiger partial charge in [0.25, 0.3) is 0 Å². The van der Waals surface area contributed by atoms with Gasteiger partial charge in [0, 0.05) is 34.2 Å². The molecule has 2 amide bonds. The average molecular weight is 693 g/mol. The minimum atomic E-state index is -0.301. The highest BCUT2D eigenvalue weighted by atomic mass is 16.1. The molecule has 2 aromatic carbocycles. The van der Waals surface area contributed by atoms with Crippen LogP contribution in [-0.2, 0) is 22.4 Å². The van der Waals surface area contributed by atoms with E-state index in [4.69, 9.17) is 11.5 Å². The molecule has 0 radical (unpaired) electrons. The predicted octanol–water partition coefficient (Wildman–Crippen LogP) is 10.8. The van der Waals surface area contributed by atoms with Crippen LogP contribution in [0.4, 0.5) is 0 Å². The van der Waals surface area contributed by atoms with Crippen LogP contribution < -0.4 is 11.5 Å². The van der Waals surface area contributed by atoms with E-state index in [0.717, 1.165) is 62.5 Å². The molecule has 51 heavy (non-hydrogen) atoms. The summed E-state index contributed by atoms with van der Waals surface area (Å²) in [6.07, 6.45) is 25.5. The highest BCUT2D eigenvalue weighted by molar-refractivity contribution is 5.89. The second kappa shape index (κ2) is 23.8. The first kappa shape index (κ1) is 42.6. The fourth-order valence-electron chi connectivity index (χ4n) is 6.92. The zero-order valence-corrected chi connectivity index (χ0v) is 31.7. The number of carbonyl (C=O) groups excluding carboxylic acids is 2. The van der Waals surface area contributed by atoms with Crippen LogP contribution in [0.1, 0.15) is 90.2 Å². The van der Waals surface area contributed by atoms with Crippen molar-refractivity contribution in [2.24, 2.45) is 41.1 Å². The molecular formula is C45H64N4O2. The van der Waals surface area contributed by atoms with Gasteiger partial charge in [-0.3, -0.25) is 9.59 Å². The number of carbonyl (C=O) groups is 2. The Hall–Kier alpha value is -4.58. The predicted molar refractivity (Wildman–Crippen MR) is 219 cm³/mol. The van der Waals surface area contributed by atoms with E-state index in [1.54, 1.807) is 12.2 Å². The van der Waals surface area contributed by atoms with Crippen LogP contribution in [0.25, 0.3) is 21.8 Å². The van der Waals surface area contributed by atoms with Gasteiger partial charge in [0.1, 0.15) is 0 Å². The number of H-pyrrole nitrogens is 2. The van der Waals surface area contributed by atoms with Crippen LogP contribution in [0.3, 0.4) is 0 Å². The lowest BCUT2D eigenvalue weighted by Crippen LogP contribution is -2.21. The number of aromatic amines is 2. The van der Waals surface area contributed by atoms with E-state index in [1.807, 2.05) is 60.9 Å². The maximum absolute atomic E-state index is 10.7. The van der Waals surface area contributed by atoms with Crippen molar-refractivity contribution in [3.8, 4) is 0 Å². The van der Waals surface area contributed by atoms with E-state index < -0.39 is 0 Å². The number of rotatable bonds is 8. The van der Waals surface area contributed by atoms with Crippen LogP contribution in [-0.4, -0.2) is 21.8 Å². The number of nitrogens with two attached hydrogens (primary N) is 2. The molecule has 2 aliphatic rings. The molecule has 2 aromatic heterocycles. The van der Waals surface area contributed by atoms with Crippen LogP contribution in [0, 0.1) is 29.6 Å². The van der Waals surface area contributed by atoms with Gasteiger partial charge in [-0.15, -0.1) is 6.58 Å². The molecule has 0 spiro atoms. The number of para-hydroxylation sites is 2. The third-order valence-corrected chi connectivity index (χ3v) is 10.0. The second-order valence-corrected chi connectivity index (χ2v) is 14.0. The van der Waals surface area contributed by atoms with Crippen molar-refractivity contribution < 1.29 is 9.59 Å². The number of fused-ring (bicyclic) bond motifs is 2. The molecule has 2 saturated carbocycles. The van der Waals surface area contributed by atoms with Crippen LogP contribution in [0.2, 0.25) is 0 Å². The molecule has 3 atom stereocenters. The Labute approximate surface area is 307 Å². The summed E-state index contributed by atoms with van der Waals surface area (Å²) in [4.78, 5) is 27.6. The summed E-state index contributed by atoms with van der Waals surface area (Å²) in [6, 6.07) is 15.7. The number of allylic oxidation sites excluding steroid dienone is 5. The molecule has 6 heteroatoms. The van der Waals surface area contributed by atoms with Crippen molar-refractivity contribution in [2.75, 3.05) is 0 Å². The lowest BCUT2D eigenvalue weighted by Gasteiger charge is -2.32. The number of amides is 2. The van der Waals surface area contributed by atoms with Gasteiger partial charge < -0.3 is 21.4 Å². The van der Waals surface area contributed by atoms with Gasteiger partial charge in [-0.25, -0.2) is 0 Å². The molecule has 2 heterocycles. The summed E-state index contributed by atoms with van der Waals surface area (Å²) in [5.74, 6) is 4.02. The number of nitrogens with one attached hydrogen (secondary N) is 2. The largest absolute Gasteiger partial charge is 0.369 e. The van der Waals surface area contributed by atoms with Crippen molar-refractivity contribution >= 4 is 33.6 Å². The zero-order chi connectivity index (χ0) is 37.6. The molecule has 0 bridgehead atoms. The lowest BCUT2D eigenvalue weighted by atomic mass is 9.74. The van der Waals surface area contributed by atoms with Gasteiger partial charge in [0.15, 0.2) is 0 Å². The first-order valence-corrected chi connectivity index (χ1v) is 18.7. The van der Waals surface area contributed by atoms with Crippen molar-refractivity contribution in [3.63, 3.8) is 0 Å². The van der Waals surface area contributed by atoms with E-state index in [1.165, 1.54) is 51.4 Å². The minimum Gasteiger partial charge on any atom is -0.369 e. The molecule has 6 nitrogen and oxygen atoms in total. The fraction of sp³-hybridized carbons (Fsp3) is 0.422. The molecule has 3 unspecified atom stereocenters. The highest BCUT2D eigenvalue weighted by Gasteiger charge is 2.24. The van der Waals surface area contributed by atoms with Crippen molar-refractivity contribution in [1.29, 1.82) is 0 Å². The molecule has 2 aliphatic carbocycles. The maximum atomic E-state index is 10.7. The van der Waals surface area contributed by atoms with Gasteiger partial charge in [-0.2, -0.15) is 0 Å². The molecular weight excluding hydrogens is 629 g/mol. The standard InChI is InChI=1S/C11H20.2C10H10N2O.C10H18.C4H6/c1-4-10-7-6-9(3)11(5-2)8-10;2*11-10(13)5-7-6-12-9-4-2-1-3-8(7)9;1-3-4-10-7-5-9(2)6-8-10;1-3-4-2/h4,9-11H,1,5-8H2,2-3H3;2*1-4,6,12H,5H2,(H2,11,13);3-4,9-10H,5-8H2,1-2H3;3-4H,1-2H2/b;;;4-3-;. The molecule has 0 aliphatic heterocycles. The molecule has 0 saturated heterocycles. The third-order valence-electron chi connectivity index (χ3n) is 10.0. The summed E-state index contributed by atoms with van der Waals surface area (Å²) in [5.41, 5.74) is 14.2. The van der Waals surface area contributed by atoms with Crippen LogP contribution in [0.15, 0.2) is 111 Å². The van der Waals surface area contributed by atoms with Gasteiger partial charge in [0.05, 0.1) is 12.8 Å². The zero-order valence-electron chi connectivity index (χ0n) is 31.7. The average Bonchev–Trinajstić information content (AvgIpc) is 3.74. The number of hydrogen-bond donors (Lipinski definition) is 4. The van der Waals surface area contributed by atoms with E-state index in [0.29, 0.717) is 12.8 Å². The molecule has 6 rings (SSSR count). The number of benzene rings is 2. The lowest BCUT2D eigenvalue weighted by molar-refractivity contribution is -0.118. The highest BCUT2D eigenvalue weighted by Crippen LogP contribution is 2.35. The van der Waals surface area contributed by atoms with E-state index >= 15 is 0 Å². The Morgan fingerprint density at radius 2 is 1.22 bits per heavy atom. The molecule has 276 valence electrons. The first-order chi connectivity index (χ1) is 24.6. The van der Waals surface area contributed by atoms with Crippen molar-refractivity contribution in [2.45, 2.75) is 91.9 Å². The Morgan fingerprint density at radius 1 is 0.745 bits per heavy atom. The summed E-state index contributed by atoms with van der Waals surface area (Å²) < 4.78 is 0. The summed E-state index contributed by atoms with van der Waals surface area (Å²) in [6.45, 7) is 19.8. The summed E-state index contributed by atoms with van der Waals surface area (Å²) >= 11 is 0. The first-order valence-electron chi connectivity index (χ1n) is 18.7. The molecule has 6 N–H and O–H groups in total. The number of aromatic nitrogens is 2. The molecule has 4 aromatic rings. The van der Waals surface area contributed by atoms with Gasteiger partial charge in [-0.05, 0) is 91.9 Å². The number of primary amides is 2. The van der Waals surface area contributed by atoms with E-state index in [-0.39, 0.29) is 11.8 Å². The van der Waals surface area contributed by atoms with Crippen molar-refractivity contribution in [3.05, 3.63) is 122 Å². The second-order valence-electron chi connectivity index (χ2n) is 14.0. The summed E-state index contributed by atoms with van der Waals surface area (Å²) in [5, 5.41) is 2.14. The van der Waals surface area contributed by atoms with Crippen LogP contribution >= 0.6 is 0 Å². The smallest absolute Gasteiger partial charge is 0.221 e. The Morgan fingerprint density at radius 3 is 1.63 bits per heavy atom. The normalized spacial score (nSPS) is 20.9. The maximum Gasteiger partial charge on any atom is 0.221 e. The summed E-state index contributed by atoms with van der Waals surface area (Å²) in [7, 11) is 0. The number of hydrogen-bond acceptors (Lipinski definition) is 2. The Kier molecular flexibility index (Phi) is 19.8. The SMILES string of the molecule is C/C=C\C1CCC(C)CC1.C=CC1CCC(C)C(CC)C1.C=CC=C.NC(=O)Cc1c[nH]c2ccccc12.NC(=O)Cc1c[nH]c2ccccc12. The minimum absolute atomic E-state index is 0.296. The van der Waals surface area contributed by atoms with Gasteiger partial charge in [-0.1, -0.05) is 120 Å². The Bertz CT molecular complexity index is 1560. The van der Waals surface area contributed by atoms with Crippen LogP contribution in [0.5, 0.6) is 0 Å². The topological polar surface area (TPSA) is 118 Å². The quantitative estimate of drug-likeness (QED) is 0.109. The van der Waals surface area contributed by atoms with E-state index in [2.05, 4.69) is 75.6 Å². The Balaban J connectivity index is 0.000000229. The monoisotopic (exact) mass is 693 g/mol. The third kappa shape index (κ3) is 15.5. The van der Waals surface area contributed by atoms with Gasteiger partial charge >= 0.3 is 0 Å². The van der Waals surface area contributed by atoms with Gasteiger partial charge in [0.2, 0.25) is 11.8 Å². The van der Waals surface area contributed by atoms with E-state index in [9.17, 15) is 9.59 Å².